The molecule has 9 rings (SSSR count). The van der Waals surface area contributed by atoms with Crippen molar-refractivity contribution in [1.29, 1.82) is 0 Å². The number of ketones is 1. The van der Waals surface area contributed by atoms with Crippen molar-refractivity contribution < 1.29 is 24.5 Å². The van der Waals surface area contributed by atoms with Gasteiger partial charge in [-0.1, -0.05) is 19.1 Å². The zero-order valence-corrected chi connectivity index (χ0v) is 16.4. The Morgan fingerprint density at radius 2 is 2.04 bits per heavy atom. The number of esters is 1. The Bertz CT molecular complexity index is 917. The van der Waals surface area contributed by atoms with Crippen molar-refractivity contribution in [3.63, 3.8) is 0 Å². The number of hydrogen-bond acceptors (Lipinski definition) is 6. The van der Waals surface area contributed by atoms with Crippen LogP contribution in [0.25, 0.3) is 0 Å². The lowest BCUT2D eigenvalue weighted by Crippen LogP contribution is -2.75. The zero-order valence-electron chi connectivity index (χ0n) is 16.4. The lowest BCUT2D eigenvalue weighted by molar-refractivity contribution is -0.302. The van der Waals surface area contributed by atoms with Crippen LogP contribution in [0.1, 0.15) is 46.0 Å². The summed E-state index contributed by atoms with van der Waals surface area (Å²) in [6, 6.07) is -0.0963. The molecule has 6 aliphatic carbocycles. The minimum atomic E-state index is -0.999. The number of Topliss-reactive ketones (excluding diaryl/α,β-unsaturated/α-hetero) is 1. The fourth-order valence-corrected chi connectivity index (χ4v) is 10.6. The Hall–Kier alpha value is -1.24. The first kappa shape index (κ1) is 16.5. The molecule has 11 unspecified atom stereocenters. The Balaban J connectivity index is 1.53. The van der Waals surface area contributed by atoms with Gasteiger partial charge in [0, 0.05) is 60.9 Å². The van der Waals surface area contributed by atoms with E-state index in [1.165, 1.54) is 6.92 Å². The maximum absolute atomic E-state index is 13.0. The highest BCUT2D eigenvalue weighted by molar-refractivity contribution is 5.83. The van der Waals surface area contributed by atoms with Crippen LogP contribution < -0.4 is 0 Å². The van der Waals surface area contributed by atoms with Gasteiger partial charge in [0.05, 0.1) is 5.60 Å². The standard InChI is InChI=1S/C22H27NO5/c1-10-4-19-8-21(26)17-18(3)5-12(25)6-20(17)16(23(21)9-18)14(19)15(28-11(2)24)13(10)7-22(19,20)27/h13-17,26-27H,1,4-9H2,2-3H3. The van der Waals surface area contributed by atoms with Gasteiger partial charge >= 0.3 is 5.97 Å². The number of piperidine rings is 2. The van der Waals surface area contributed by atoms with Gasteiger partial charge in [-0.05, 0) is 24.7 Å². The van der Waals surface area contributed by atoms with Gasteiger partial charge in [-0.15, -0.1) is 0 Å². The first-order valence-electron chi connectivity index (χ1n) is 10.6. The van der Waals surface area contributed by atoms with E-state index in [1.54, 1.807) is 0 Å². The average molecular weight is 385 g/mol. The fourth-order valence-electron chi connectivity index (χ4n) is 10.6. The van der Waals surface area contributed by atoms with Gasteiger partial charge in [0.15, 0.2) is 0 Å². The predicted octanol–water partition coefficient (Wildman–Crippen LogP) is 1.01. The molecule has 9 bridgehead atoms. The van der Waals surface area contributed by atoms with Crippen LogP contribution in [0.5, 0.6) is 0 Å². The van der Waals surface area contributed by atoms with Gasteiger partial charge < -0.3 is 14.9 Å². The molecule has 3 aliphatic heterocycles. The highest BCUT2D eigenvalue weighted by Crippen LogP contribution is 2.90. The van der Waals surface area contributed by atoms with Gasteiger partial charge in [0.25, 0.3) is 0 Å². The van der Waals surface area contributed by atoms with Crippen LogP contribution in [0, 0.1) is 34.0 Å². The van der Waals surface area contributed by atoms with Crippen LogP contribution >= 0.6 is 0 Å². The van der Waals surface area contributed by atoms with E-state index in [4.69, 9.17) is 4.74 Å². The van der Waals surface area contributed by atoms with Crippen LogP contribution in [0.4, 0.5) is 0 Å². The highest BCUT2D eigenvalue weighted by Gasteiger charge is 2.97. The molecule has 0 radical (unpaired) electrons. The topological polar surface area (TPSA) is 87.1 Å². The SMILES string of the molecule is C=C1CC23CC4(O)C5C6(C)CC(=O)CC57C(C2C(OC(C)=O)C1CC37O)N4C6. The molecule has 3 heterocycles. The average Bonchev–Trinajstić information content (AvgIpc) is 2.89. The molecule has 11 atom stereocenters. The normalized spacial score (nSPS) is 66.7. The molecule has 6 saturated carbocycles. The van der Waals surface area contributed by atoms with Crippen molar-refractivity contribution in [2.75, 3.05) is 6.54 Å². The Kier molecular flexibility index (Phi) is 2.37. The largest absolute Gasteiger partial charge is 0.462 e. The predicted molar refractivity (Wildman–Crippen MR) is 96.6 cm³/mol. The van der Waals surface area contributed by atoms with E-state index in [1.807, 2.05) is 0 Å². The number of aliphatic hydroxyl groups is 2. The fraction of sp³-hybridized carbons (Fsp3) is 0.818. The van der Waals surface area contributed by atoms with Crippen LogP contribution in [-0.2, 0) is 14.3 Å². The summed E-state index contributed by atoms with van der Waals surface area (Å²) in [4.78, 5) is 27.1. The summed E-state index contributed by atoms with van der Waals surface area (Å²) >= 11 is 0. The van der Waals surface area contributed by atoms with Crippen molar-refractivity contribution >= 4 is 11.8 Å². The first-order valence-corrected chi connectivity index (χ1v) is 10.6. The number of carbonyl (C=O) groups excluding carboxylic acids is 2. The van der Waals surface area contributed by atoms with E-state index in [0.717, 1.165) is 5.57 Å². The van der Waals surface area contributed by atoms with Crippen molar-refractivity contribution in [3.8, 4) is 0 Å². The van der Waals surface area contributed by atoms with Crippen molar-refractivity contribution in [1.82, 2.24) is 4.90 Å². The molecule has 0 aromatic heterocycles. The van der Waals surface area contributed by atoms with E-state index >= 15 is 0 Å². The number of hydrogen-bond donors (Lipinski definition) is 2. The third-order valence-corrected chi connectivity index (χ3v) is 10.4. The summed E-state index contributed by atoms with van der Waals surface area (Å²) in [5, 5.41) is 24.4. The van der Waals surface area contributed by atoms with Crippen LogP contribution in [0.2, 0.25) is 0 Å². The third-order valence-electron chi connectivity index (χ3n) is 10.4. The molecule has 0 amide bonds. The summed E-state index contributed by atoms with van der Waals surface area (Å²) < 4.78 is 5.89. The lowest BCUT2D eigenvalue weighted by atomic mass is 9.37. The van der Waals surface area contributed by atoms with Crippen LogP contribution in [-0.4, -0.2) is 56.9 Å². The van der Waals surface area contributed by atoms with Gasteiger partial charge in [-0.3, -0.25) is 14.5 Å². The van der Waals surface area contributed by atoms with Crippen molar-refractivity contribution in [3.05, 3.63) is 12.2 Å². The van der Waals surface area contributed by atoms with Gasteiger partial charge in [-0.25, -0.2) is 0 Å². The molecule has 6 nitrogen and oxygen atoms in total. The molecule has 150 valence electrons. The van der Waals surface area contributed by atoms with Crippen molar-refractivity contribution in [2.24, 2.45) is 34.0 Å². The molecule has 3 saturated heterocycles. The quantitative estimate of drug-likeness (QED) is 0.517. The van der Waals surface area contributed by atoms with Crippen molar-refractivity contribution in [2.45, 2.75) is 69.4 Å². The molecule has 9 fully saturated rings. The third kappa shape index (κ3) is 1.20. The second kappa shape index (κ2) is 4.01. The summed E-state index contributed by atoms with van der Waals surface area (Å²) in [6.45, 7) is 8.54. The van der Waals surface area contributed by atoms with E-state index in [2.05, 4.69) is 18.4 Å². The maximum Gasteiger partial charge on any atom is 0.302 e. The Morgan fingerprint density at radius 3 is 2.75 bits per heavy atom. The highest BCUT2D eigenvalue weighted by atomic mass is 16.5. The van der Waals surface area contributed by atoms with E-state index in [-0.39, 0.29) is 47.1 Å². The number of fused-ring (bicyclic) bond motifs is 1. The monoisotopic (exact) mass is 385 g/mol. The Labute approximate surface area is 163 Å². The van der Waals surface area contributed by atoms with Crippen LogP contribution in [0.15, 0.2) is 12.2 Å². The van der Waals surface area contributed by atoms with E-state index in [0.29, 0.717) is 38.6 Å². The number of nitrogens with zero attached hydrogens (tertiary/aromatic N) is 1. The summed E-state index contributed by atoms with van der Waals surface area (Å²) in [7, 11) is 0. The molecule has 2 N–H and O–H groups in total. The minimum Gasteiger partial charge on any atom is -0.462 e. The van der Waals surface area contributed by atoms with Crippen LogP contribution in [0.3, 0.4) is 0 Å². The molecule has 9 aliphatic rings. The molecular weight excluding hydrogens is 358 g/mol. The molecule has 6 heteroatoms. The number of ether oxygens (including phenoxy) is 1. The zero-order chi connectivity index (χ0) is 19.6. The first-order chi connectivity index (χ1) is 13.0. The molecule has 28 heavy (non-hydrogen) atoms. The smallest absolute Gasteiger partial charge is 0.302 e. The molecule has 0 aromatic carbocycles. The Morgan fingerprint density at radius 1 is 1.29 bits per heavy atom. The second-order valence-electron chi connectivity index (χ2n) is 11.4. The maximum atomic E-state index is 13.0. The molecular formula is C22H27NO5. The second-order valence-corrected chi connectivity index (χ2v) is 11.4. The summed E-state index contributed by atoms with van der Waals surface area (Å²) in [5.41, 5.74) is -2.39. The number of carbonyl (C=O) groups is 2. The van der Waals surface area contributed by atoms with E-state index in [9.17, 15) is 19.8 Å². The van der Waals surface area contributed by atoms with Gasteiger partial charge in [-0.2, -0.15) is 0 Å². The minimum absolute atomic E-state index is 0.0358. The van der Waals surface area contributed by atoms with E-state index < -0.39 is 22.2 Å². The lowest BCUT2D eigenvalue weighted by Gasteiger charge is -2.69. The van der Waals surface area contributed by atoms with Gasteiger partial charge in [0.1, 0.15) is 17.6 Å². The number of rotatable bonds is 1. The summed E-state index contributed by atoms with van der Waals surface area (Å²) in [6.07, 6.45) is 2.19. The molecule has 2 spiro atoms. The van der Waals surface area contributed by atoms with Gasteiger partial charge in [0.2, 0.25) is 0 Å². The summed E-state index contributed by atoms with van der Waals surface area (Å²) in [5.74, 6) is -0.281. The molecule has 0 aromatic rings.